The van der Waals surface area contributed by atoms with Crippen molar-refractivity contribution < 1.29 is 33.5 Å². The zero-order valence-electron chi connectivity index (χ0n) is 14.1. The number of carbonyl (C=O) groups is 2. The van der Waals surface area contributed by atoms with Crippen LogP contribution in [0.4, 0.5) is 15.8 Å². The van der Waals surface area contributed by atoms with Gasteiger partial charge in [-0.05, 0) is 18.2 Å². The summed E-state index contributed by atoms with van der Waals surface area (Å²) in [6.45, 7) is 0. The van der Waals surface area contributed by atoms with E-state index in [1.165, 1.54) is 25.3 Å². The summed E-state index contributed by atoms with van der Waals surface area (Å²) in [5.41, 5.74) is 4.92. The number of rotatable bonds is 4. The van der Waals surface area contributed by atoms with E-state index in [2.05, 4.69) is 9.47 Å². The number of nitrogens with zero attached hydrogens (tertiary/aromatic N) is 1. The molecule has 0 spiro atoms. The zero-order valence-corrected chi connectivity index (χ0v) is 14.8. The van der Waals surface area contributed by atoms with E-state index in [9.17, 15) is 24.1 Å². The summed E-state index contributed by atoms with van der Waals surface area (Å²) in [5, 5.41) is 19.2. The first-order chi connectivity index (χ1) is 12.6. The standard InChI is InChI=1S/C9H8FNO5.C7H6ClNO2/c1-15-8-3-5(9(12)16-2)6(10)4-7(8)11(13)14;8-6-3-4(9)1-2-5(6)7(10)11/h3-4H,1-2H3;1-3H,9H2,(H,10,11). The fourth-order valence-corrected chi connectivity index (χ4v) is 2.09. The number of ether oxygens (including phenoxy) is 2. The Balaban J connectivity index is 0.000000289. The zero-order chi connectivity index (χ0) is 20.7. The fourth-order valence-electron chi connectivity index (χ4n) is 1.82. The highest BCUT2D eigenvalue weighted by atomic mass is 35.5. The molecule has 2 rings (SSSR count). The highest BCUT2D eigenvalue weighted by Crippen LogP contribution is 2.29. The number of nitro benzene ring substituents is 1. The number of carboxylic acid groups (broad SMARTS) is 1. The van der Waals surface area contributed by atoms with Crippen LogP contribution in [0.1, 0.15) is 20.7 Å². The number of aromatic carboxylic acids is 1. The van der Waals surface area contributed by atoms with Gasteiger partial charge in [0.25, 0.3) is 0 Å². The van der Waals surface area contributed by atoms with Crippen molar-refractivity contribution in [3.63, 3.8) is 0 Å². The number of carboxylic acids is 1. The maximum absolute atomic E-state index is 13.3. The van der Waals surface area contributed by atoms with Gasteiger partial charge in [0.1, 0.15) is 5.82 Å². The minimum atomic E-state index is -1.05. The molecule has 0 saturated heterocycles. The first-order valence-electron chi connectivity index (χ1n) is 7.00. The predicted molar refractivity (Wildman–Crippen MR) is 93.8 cm³/mol. The molecule has 0 aliphatic heterocycles. The minimum absolute atomic E-state index is 0.0702. The van der Waals surface area contributed by atoms with E-state index in [-0.39, 0.29) is 16.3 Å². The van der Waals surface area contributed by atoms with Gasteiger partial charge in [-0.1, -0.05) is 11.6 Å². The van der Waals surface area contributed by atoms with E-state index in [0.717, 1.165) is 13.2 Å². The van der Waals surface area contributed by atoms with E-state index >= 15 is 0 Å². The van der Waals surface area contributed by atoms with Crippen molar-refractivity contribution in [3.8, 4) is 5.75 Å². The van der Waals surface area contributed by atoms with E-state index in [1.807, 2.05) is 0 Å². The highest BCUT2D eigenvalue weighted by Gasteiger charge is 2.22. The van der Waals surface area contributed by atoms with Crippen molar-refractivity contribution in [2.45, 2.75) is 0 Å². The second-order valence-corrected chi connectivity index (χ2v) is 5.20. The number of benzene rings is 2. The molecule has 0 aliphatic rings. The number of esters is 1. The number of hydrogen-bond donors (Lipinski definition) is 2. The lowest BCUT2D eigenvalue weighted by Gasteiger charge is -2.05. The molecular formula is C16H14ClFN2O7. The summed E-state index contributed by atoms with van der Waals surface area (Å²) in [5.74, 6) is -3.20. The molecule has 0 heterocycles. The molecule has 11 heteroatoms. The van der Waals surface area contributed by atoms with Gasteiger partial charge in [0.05, 0.1) is 41.4 Å². The van der Waals surface area contributed by atoms with E-state index in [4.69, 9.17) is 22.4 Å². The fraction of sp³-hybridized carbons (Fsp3) is 0.125. The molecule has 0 aromatic heterocycles. The summed E-state index contributed by atoms with van der Waals surface area (Å²) in [6, 6.07) is 5.82. The Morgan fingerprint density at radius 2 is 1.85 bits per heavy atom. The third kappa shape index (κ3) is 5.54. The lowest BCUT2D eigenvalue weighted by Crippen LogP contribution is -2.06. The Morgan fingerprint density at radius 1 is 1.22 bits per heavy atom. The van der Waals surface area contributed by atoms with Gasteiger partial charge in [-0.15, -0.1) is 0 Å². The van der Waals surface area contributed by atoms with Crippen LogP contribution in [0.5, 0.6) is 5.75 Å². The maximum atomic E-state index is 13.3. The van der Waals surface area contributed by atoms with Crippen LogP contribution in [0, 0.1) is 15.9 Å². The van der Waals surface area contributed by atoms with Gasteiger partial charge >= 0.3 is 17.6 Å². The van der Waals surface area contributed by atoms with Gasteiger partial charge in [0.2, 0.25) is 0 Å². The lowest BCUT2D eigenvalue weighted by atomic mass is 10.2. The molecular weight excluding hydrogens is 387 g/mol. The van der Waals surface area contributed by atoms with Gasteiger partial charge in [-0.25, -0.2) is 14.0 Å². The van der Waals surface area contributed by atoms with Gasteiger partial charge < -0.3 is 20.3 Å². The highest BCUT2D eigenvalue weighted by molar-refractivity contribution is 6.33. The summed E-state index contributed by atoms with van der Waals surface area (Å²) in [4.78, 5) is 31.2. The maximum Gasteiger partial charge on any atom is 0.340 e. The molecule has 2 aromatic rings. The largest absolute Gasteiger partial charge is 0.490 e. The summed E-state index contributed by atoms with van der Waals surface area (Å²) in [6.07, 6.45) is 0. The molecule has 0 saturated carbocycles. The van der Waals surface area contributed by atoms with E-state index in [0.29, 0.717) is 11.8 Å². The smallest absolute Gasteiger partial charge is 0.340 e. The Labute approximate surface area is 157 Å². The number of carbonyl (C=O) groups excluding carboxylic acids is 1. The van der Waals surface area contributed by atoms with E-state index < -0.39 is 33.9 Å². The number of anilines is 1. The summed E-state index contributed by atoms with van der Waals surface area (Å²) >= 11 is 5.56. The van der Waals surface area contributed by atoms with Crippen LogP contribution in [0.3, 0.4) is 0 Å². The molecule has 3 N–H and O–H groups in total. The topological polar surface area (TPSA) is 142 Å². The Hall–Kier alpha value is -3.40. The summed E-state index contributed by atoms with van der Waals surface area (Å²) < 4.78 is 22.3. The van der Waals surface area contributed by atoms with E-state index in [1.54, 1.807) is 0 Å². The third-order valence-corrected chi connectivity index (χ3v) is 3.41. The molecule has 144 valence electrons. The van der Waals surface area contributed by atoms with Crippen LogP contribution in [0.15, 0.2) is 30.3 Å². The molecule has 0 aliphatic carbocycles. The Bertz CT molecular complexity index is 889. The minimum Gasteiger partial charge on any atom is -0.490 e. The van der Waals surface area contributed by atoms with Crippen molar-refractivity contribution in [2.75, 3.05) is 20.0 Å². The molecule has 0 fully saturated rings. The number of halogens is 2. The molecule has 9 nitrogen and oxygen atoms in total. The first-order valence-corrected chi connectivity index (χ1v) is 7.38. The first kappa shape index (κ1) is 21.6. The van der Waals surface area contributed by atoms with Crippen molar-refractivity contribution >= 4 is 34.9 Å². The van der Waals surface area contributed by atoms with Gasteiger partial charge in [0, 0.05) is 11.8 Å². The quantitative estimate of drug-likeness (QED) is 0.345. The summed E-state index contributed by atoms with van der Waals surface area (Å²) in [7, 11) is 2.26. The van der Waals surface area contributed by atoms with Gasteiger partial charge in [-0.2, -0.15) is 0 Å². The monoisotopic (exact) mass is 400 g/mol. The van der Waals surface area contributed by atoms with Crippen molar-refractivity contribution in [2.24, 2.45) is 0 Å². The second-order valence-electron chi connectivity index (χ2n) is 4.80. The van der Waals surface area contributed by atoms with Crippen LogP contribution in [0.25, 0.3) is 0 Å². The molecule has 0 unspecified atom stereocenters. The van der Waals surface area contributed by atoms with Crippen LogP contribution >= 0.6 is 11.6 Å². The van der Waals surface area contributed by atoms with Crippen molar-refractivity contribution in [1.82, 2.24) is 0 Å². The van der Waals surface area contributed by atoms with Crippen LogP contribution < -0.4 is 10.5 Å². The normalized spacial score (nSPS) is 9.63. The van der Waals surface area contributed by atoms with Gasteiger partial charge in [-0.3, -0.25) is 10.1 Å². The number of nitrogens with two attached hydrogens (primary N) is 1. The van der Waals surface area contributed by atoms with Crippen LogP contribution in [-0.2, 0) is 4.74 Å². The number of hydrogen-bond acceptors (Lipinski definition) is 7. The molecule has 2 aromatic carbocycles. The van der Waals surface area contributed by atoms with Crippen molar-refractivity contribution in [3.05, 3.63) is 62.4 Å². The average Bonchev–Trinajstić information content (AvgIpc) is 2.60. The van der Waals surface area contributed by atoms with Crippen LogP contribution in [-0.4, -0.2) is 36.2 Å². The number of nitro groups is 1. The lowest BCUT2D eigenvalue weighted by molar-refractivity contribution is -0.385. The van der Waals surface area contributed by atoms with Gasteiger partial charge in [0.15, 0.2) is 5.75 Å². The Morgan fingerprint density at radius 3 is 2.30 bits per heavy atom. The Kier molecular flexibility index (Phi) is 7.49. The molecule has 0 amide bonds. The number of nitrogen functional groups attached to an aromatic ring is 1. The van der Waals surface area contributed by atoms with Crippen LogP contribution in [0.2, 0.25) is 5.02 Å². The molecule has 0 radical (unpaired) electrons. The molecule has 0 atom stereocenters. The predicted octanol–water partition coefficient (Wildman–Crippen LogP) is 3.15. The SMILES string of the molecule is COC(=O)c1cc(OC)c([N+](=O)[O-])cc1F.Nc1ccc(C(=O)O)c(Cl)c1. The second kappa shape index (κ2) is 9.34. The molecule has 0 bridgehead atoms. The van der Waals surface area contributed by atoms with Crippen molar-refractivity contribution in [1.29, 1.82) is 0 Å². The molecule has 27 heavy (non-hydrogen) atoms. The third-order valence-electron chi connectivity index (χ3n) is 3.09. The number of methoxy groups -OCH3 is 2. The average molecular weight is 401 g/mol.